The molecule has 28 heavy (non-hydrogen) atoms. The second-order valence-electron chi connectivity index (χ2n) is 6.72. The summed E-state index contributed by atoms with van der Waals surface area (Å²) >= 11 is 0. The number of amides is 2. The van der Waals surface area contributed by atoms with Gasteiger partial charge in [0.2, 0.25) is 5.91 Å². The average Bonchev–Trinajstić information content (AvgIpc) is 2.86. The van der Waals surface area contributed by atoms with E-state index in [1.165, 1.54) is 12.1 Å². The molecule has 0 aliphatic carbocycles. The Morgan fingerprint density at radius 2 is 1.82 bits per heavy atom. The molecule has 0 aromatic heterocycles. The van der Waals surface area contributed by atoms with Crippen molar-refractivity contribution in [2.75, 3.05) is 13.2 Å². The first-order chi connectivity index (χ1) is 13.3. The van der Waals surface area contributed by atoms with E-state index in [9.17, 15) is 18.0 Å². The number of benzene rings is 2. The number of nitrogens with one attached hydrogen (secondary N) is 1. The maximum Gasteiger partial charge on any atom is 0.269 e. The minimum Gasteiger partial charge on any atom is -0.491 e. The van der Waals surface area contributed by atoms with Gasteiger partial charge in [-0.1, -0.05) is 29.8 Å². The average molecular weight is 402 g/mol. The van der Waals surface area contributed by atoms with Gasteiger partial charge in [-0.15, -0.1) is 0 Å². The molecule has 7 nitrogen and oxygen atoms in total. The van der Waals surface area contributed by atoms with Gasteiger partial charge in [-0.25, -0.2) is 12.7 Å². The van der Waals surface area contributed by atoms with E-state index in [0.717, 1.165) is 9.87 Å². The first-order valence-electron chi connectivity index (χ1n) is 8.94. The summed E-state index contributed by atoms with van der Waals surface area (Å²) in [6.07, 6.45) is -0.117. The second-order valence-corrected chi connectivity index (χ2v) is 8.55. The Balaban J connectivity index is 1.50. The van der Waals surface area contributed by atoms with Crippen LogP contribution >= 0.6 is 0 Å². The number of hydrogen-bond donors (Lipinski definition) is 1. The lowest BCUT2D eigenvalue weighted by Crippen LogP contribution is -2.39. The molecule has 2 amide bonds. The molecular formula is C20H22N2O5S. The highest BCUT2D eigenvalue weighted by Gasteiger charge is 2.40. The summed E-state index contributed by atoms with van der Waals surface area (Å²) in [5.41, 5.74) is 1.27. The van der Waals surface area contributed by atoms with Crippen LogP contribution in [0.5, 0.6) is 5.75 Å². The summed E-state index contributed by atoms with van der Waals surface area (Å²) in [5.74, 6) is -0.240. The molecule has 0 bridgehead atoms. The smallest absolute Gasteiger partial charge is 0.269 e. The van der Waals surface area contributed by atoms with Crippen molar-refractivity contribution >= 4 is 21.8 Å². The predicted molar refractivity (Wildman–Crippen MR) is 104 cm³/mol. The van der Waals surface area contributed by atoms with Crippen molar-refractivity contribution in [1.82, 2.24) is 9.62 Å². The Hall–Kier alpha value is -2.87. The van der Waals surface area contributed by atoms with Crippen molar-refractivity contribution in [2.24, 2.45) is 0 Å². The van der Waals surface area contributed by atoms with E-state index in [1.54, 1.807) is 19.1 Å². The van der Waals surface area contributed by atoms with Gasteiger partial charge in [-0.3, -0.25) is 9.59 Å². The molecule has 0 saturated carbocycles. The fourth-order valence-electron chi connectivity index (χ4n) is 2.90. The lowest BCUT2D eigenvalue weighted by Gasteiger charge is -2.17. The summed E-state index contributed by atoms with van der Waals surface area (Å²) in [7, 11) is -3.89. The van der Waals surface area contributed by atoms with E-state index in [0.29, 0.717) is 5.75 Å². The quantitative estimate of drug-likeness (QED) is 0.766. The van der Waals surface area contributed by atoms with E-state index in [1.807, 2.05) is 31.2 Å². The van der Waals surface area contributed by atoms with Crippen molar-refractivity contribution in [3.8, 4) is 5.75 Å². The van der Waals surface area contributed by atoms with Crippen molar-refractivity contribution in [3.63, 3.8) is 0 Å². The van der Waals surface area contributed by atoms with Crippen LogP contribution in [-0.2, 0) is 14.8 Å². The number of hydrogen-bond acceptors (Lipinski definition) is 5. The molecule has 0 spiro atoms. The number of rotatable bonds is 7. The second kappa shape index (κ2) is 8.02. The Labute approximate surface area is 164 Å². The van der Waals surface area contributed by atoms with Gasteiger partial charge in [0.25, 0.3) is 15.9 Å². The first-order valence-corrected chi connectivity index (χ1v) is 10.4. The number of aryl methyl sites for hydroxylation is 1. The number of nitrogens with zero attached hydrogens (tertiary/aromatic N) is 1. The minimum atomic E-state index is -3.89. The molecule has 0 unspecified atom stereocenters. The molecule has 1 atom stereocenters. The highest BCUT2D eigenvalue weighted by molar-refractivity contribution is 7.90. The molecule has 1 aliphatic heterocycles. The van der Waals surface area contributed by atoms with Crippen LogP contribution in [-0.4, -0.2) is 43.7 Å². The number of carbonyl (C=O) groups is 2. The maximum absolute atomic E-state index is 12.5. The molecule has 1 heterocycles. The Bertz CT molecular complexity index is 986. The lowest BCUT2D eigenvalue weighted by atomic mass is 10.2. The Morgan fingerprint density at radius 1 is 1.14 bits per heavy atom. The molecule has 2 aromatic carbocycles. The van der Waals surface area contributed by atoms with Crippen molar-refractivity contribution in [2.45, 2.75) is 31.2 Å². The van der Waals surface area contributed by atoms with Crippen LogP contribution < -0.4 is 10.1 Å². The normalized spacial score (nSPS) is 15.8. The molecule has 2 aromatic rings. The predicted octanol–water partition coefficient (Wildman–Crippen LogP) is 2.11. The van der Waals surface area contributed by atoms with Crippen molar-refractivity contribution in [3.05, 3.63) is 59.7 Å². The van der Waals surface area contributed by atoms with E-state index in [2.05, 4.69) is 5.32 Å². The number of fused-ring (bicyclic) bond motifs is 1. The molecule has 148 valence electrons. The van der Waals surface area contributed by atoms with Crippen LogP contribution in [0.25, 0.3) is 0 Å². The van der Waals surface area contributed by atoms with Crippen LogP contribution in [0.4, 0.5) is 0 Å². The van der Waals surface area contributed by atoms with Crippen LogP contribution in [0.3, 0.4) is 0 Å². The molecule has 0 fully saturated rings. The number of sulfonamides is 1. The van der Waals surface area contributed by atoms with Crippen molar-refractivity contribution in [1.29, 1.82) is 0 Å². The van der Waals surface area contributed by atoms with Gasteiger partial charge in [0.05, 0.1) is 11.6 Å². The van der Waals surface area contributed by atoms with E-state index < -0.39 is 15.9 Å². The molecule has 8 heteroatoms. The van der Waals surface area contributed by atoms with Crippen LogP contribution in [0.2, 0.25) is 0 Å². The molecule has 0 radical (unpaired) electrons. The highest BCUT2D eigenvalue weighted by atomic mass is 32.2. The van der Waals surface area contributed by atoms with Crippen LogP contribution in [0.15, 0.2) is 53.4 Å². The summed E-state index contributed by atoms with van der Waals surface area (Å²) in [5, 5.41) is 2.75. The fourth-order valence-corrected chi connectivity index (χ4v) is 4.47. The van der Waals surface area contributed by atoms with Gasteiger partial charge in [0.15, 0.2) is 0 Å². The third kappa shape index (κ3) is 4.17. The Kier molecular flexibility index (Phi) is 5.69. The summed E-state index contributed by atoms with van der Waals surface area (Å²) in [6, 6.07) is 13.3. The largest absolute Gasteiger partial charge is 0.491 e. The molecule has 1 N–H and O–H groups in total. The van der Waals surface area contributed by atoms with Crippen molar-refractivity contribution < 1.29 is 22.7 Å². The molecule has 1 aliphatic rings. The van der Waals surface area contributed by atoms with Gasteiger partial charge in [-0.2, -0.15) is 0 Å². The lowest BCUT2D eigenvalue weighted by molar-refractivity contribution is -0.121. The van der Waals surface area contributed by atoms with Gasteiger partial charge in [-0.05, 0) is 38.1 Å². The van der Waals surface area contributed by atoms with Crippen LogP contribution in [0, 0.1) is 6.92 Å². The molecular weight excluding hydrogens is 380 g/mol. The third-order valence-corrected chi connectivity index (χ3v) is 6.22. The zero-order valence-corrected chi connectivity index (χ0v) is 16.5. The topological polar surface area (TPSA) is 92.8 Å². The summed E-state index contributed by atoms with van der Waals surface area (Å²) < 4.78 is 31.3. The van der Waals surface area contributed by atoms with E-state index in [-0.39, 0.29) is 42.0 Å². The fraction of sp³-hybridized carbons (Fsp3) is 0.300. The molecule has 0 saturated heterocycles. The van der Waals surface area contributed by atoms with E-state index in [4.69, 9.17) is 4.74 Å². The summed E-state index contributed by atoms with van der Waals surface area (Å²) in [6.45, 7) is 3.85. The maximum atomic E-state index is 12.5. The standard InChI is InChI=1S/C20H22N2O5S/c1-14-7-9-16(10-8-14)27-13-15(2)21-19(23)11-12-22-20(24)17-5-3-4-6-18(17)28(22,25)26/h3-10,15H,11-13H2,1-2H3,(H,21,23)/t15-/m1/s1. The third-order valence-electron chi connectivity index (χ3n) is 4.38. The molecule has 3 rings (SSSR count). The number of carbonyl (C=O) groups excluding carboxylic acids is 2. The SMILES string of the molecule is Cc1ccc(OC[C@@H](C)NC(=O)CCN2C(=O)c3ccccc3S2(=O)=O)cc1. The van der Waals surface area contributed by atoms with Gasteiger partial charge < -0.3 is 10.1 Å². The monoisotopic (exact) mass is 402 g/mol. The zero-order valence-electron chi connectivity index (χ0n) is 15.7. The zero-order chi connectivity index (χ0) is 20.3. The van der Waals surface area contributed by atoms with Crippen LogP contribution in [0.1, 0.15) is 29.3 Å². The van der Waals surface area contributed by atoms with Gasteiger partial charge in [0.1, 0.15) is 17.3 Å². The first kappa shape index (κ1) is 19.9. The van der Waals surface area contributed by atoms with E-state index >= 15 is 0 Å². The van der Waals surface area contributed by atoms with Gasteiger partial charge >= 0.3 is 0 Å². The Morgan fingerprint density at radius 3 is 2.50 bits per heavy atom. The number of ether oxygens (including phenoxy) is 1. The summed E-state index contributed by atoms with van der Waals surface area (Å²) in [4.78, 5) is 24.5. The highest BCUT2D eigenvalue weighted by Crippen LogP contribution is 2.29. The minimum absolute atomic E-state index is 0.0136. The van der Waals surface area contributed by atoms with Gasteiger partial charge in [0, 0.05) is 13.0 Å².